The Kier molecular flexibility index (Phi) is 4.02. The predicted molar refractivity (Wildman–Crippen MR) is 89.4 cm³/mol. The molecular weight excluding hydrogens is 405 g/mol. The van der Waals surface area contributed by atoms with Crippen molar-refractivity contribution in [2.24, 2.45) is 0 Å². The van der Waals surface area contributed by atoms with Gasteiger partial charge >= 0.3 is 0 Å². The van der Waals surface area contributed by atoms with Gasteiger partial charge in [-0.1, -0.05) is 27.5 Å². The first-order valence-electron chi connectivity index (χ1n) is 6.30. The Bertz CT molecular complexity index is 672. The zero-order valence-corrected chi connectivity index (χ0v) is 14.7. The van der Waals surface area contributed by atoms with E-state index in [9.17, 15) is 0 Å². The molecule has 0 radical (unpaired) electrons. The molecule has 1 aromatic heterocycles. The van der Waals surface area contributed by atoms with Gasteiger partial charge in [-0.25, -0.2) is 9.97 Å². The number of halogens is 3. The lowest BCUT2D eigenvalue weighted by Gasteiger charge is -2.11. The van der Waals surface area contributed by atoms with Gasteiger partial charge in [0.25, 0.3) is 0 Å². The number of hydrogen-bond acceptors (Lipinski definition) is 3. The summed E-state index contributed by atoms with van der Waals surface area (Å²) in [6.45, 7) is 0. The van der Waals surface area contributed by atoms with Crippen LogP contribution in [0.4, 0.5) is 5.82 Å². The minimum Gasteiger partial charge on any atom is -0.372 e. The molecule has 1 aromatic carbocycles. The van der Waals surface area contributed by atoms with E-state index in [2.05, 4.69) is 42.2 Å². The zero-order chi connectivity index (χ0) is 14.3. The highest BCUT2D eigenvalue weighted by Gasteiger charge is 2.29. The van der Waals surface area contributed by atoms with Crippen LogP contribution in [-0.2, 0) is 0 Å². The molecule has 1 N–H and O–H groups in total. The van der Waals surface area contributed by atoms with Crippen LogP contribution in [0.25, 0.3) is 11.4 Å². The molecule has 0 saturated heterocycles. The number of nitrogens with one attached hydrogen (secondary N) is 1. The molecule has 1 aliphatic rings. The molecule has 104 valence electrons. The molecule has 6 heteroatoms. The lowest BCUT2D eigenvalue weighted by molar-refractivity contribution is 0.980. The summed E-state index contributed by atoms with van der Waals surface area (Å²) in [6, 6.07) is 5.70. The van der Waals surface area contributed by atoms with Gasteiger partial charge in [0.15, 0.2) is 5.82 Å². The Balaban J connectivity index is 2.18. The second kappa shape index (κ2) is 5.62. The number of aromatic nitrogens is 2. The van der Waals surface area contributed by atoms with Crippen molar-refractivity contribution in [2.45, 2.75) is 18.8 Å². The topological polar surface area (TPSA) is 37.8 Å². The van der Waals surface area contributed by atoms with Gasteiger partial charge in [-0.2, -0.15) is 0 Å². The van der Waals surface area contributed by atoms with Gasteiger partial charge in [0.2, 0.25) is 0 Å². The molecule has 0 aliphatic heterocycles. The van der Waals surface area contributed by atoms with E-state index in [1.165, 1.54) is 12.8 Å². The zero-order valence-electron chi connectivity index (χ0n) is 10.8. The molecule has 1 fully saturated rings. The van der Waals surface area contributed by atoms with Gasteiger partial charge < -0.3 is 5.32 Å². The molecule has 2 aromatic rings. The highest BCUT2D eigenvalue weighted by molar-refractivity contribution is 9.11. The summed E-state index contributed by atoms with van der Waals surface area (Å²) >= 11 is 13.3. The lowest BCUT2D eigenvalue weighted by atomic mass is 10.2. The third-order valence-corrected chi connectivity index (χ3v) is 4.85. The van der Waals surface area contributed by atoms with E-state index in [4.69, 9.17) is 16.6 Å². The number of benzene rings is 1. The van der Waals surface area contributed by atoms with Crippen molar-refractivity contribution >= 4 is 49.3 Å². The second-order valence-corrected chi connectivity index (χ2v) is 6.86. The van der Waals surface area contributed by atoms with Crippen molar-refractivity contribution in [2.75, 3.05) is 12.4 Å². The summed E-state index contributed by atoms with van der Waals surface area (Å²) in [5, 5.41) is 3.76. The van der Waals surface area contributed by atoms with Crippen LogP contribution in [0.1, 0.15) is 24.5 Å². The number of anilines is 1. The van der Waals surface area contributed by atoms with Gasteiger partial charge in [0.1, 0.15) is 5.82 Å². The molecule has 1 aliphatic carbocycles. The molecular formula is C14H12Br2ClN3. The normalized spacial score (nSPS) is 14.4. The monoisotopic (exact) mass is 415 g/mol. The van der Waals surface area contributed by atoms with Crippen LogP contribution in [-0.4, -0.2) is 17.0 Å². The van der Waals surface area contributed by atoms with Crippen molar-refractivity contribution in [3.8, 4) is 11.4 Å². The Hall–Kier alpha value is -0.650. The lowest BCUT2D eigenvalue weighted by Crippen LogP contribution is -2.03. The molecule has 0 unspecified atom stereocenters. The fourth-order valence-electron chi connectivity index (χ4n) is 2.05. The van der Waals surface area contributed by atoms with E-state index >= 15 is 0 Å². The van der Waals surface area contributed by atoms with Crippen LogP contribution in [0.3, 0.4) is 0 Å². The maximum Gasteiger partial charge on any atom is 0.163 e. The van der Waals surface area contributed by atoms with Crippen molar-refractivity contribution in [3.63, 3.8) is 0 Å². The molecule has 3 nitrogen and oxygen atoms in total. The molecule has 1 heterocycles. The quantitative estimate of drug-likeness (QED) is 0.742. The van der Waals surface area contributed by atoms with Gasteiger partial charge in [-0.15, -0.1) is 0 Å². The smallest absolute Gasteiger partial charge is 0.163 e. The number of hydrogen-bond donors (Lipinski definition) is 1. The Morgan fingerprint density at radius 3 is 2.65 bits per heavy atom. The summed E-state index contributed by atoms with van der Waals surface area (Å²) in [7, 11) is 1.86. The summed E-state index contributed by atoms with van der Waals surface area (Å²) < 4.78 is 1.92. The maximum atomic E-state index is 6.28. The molecule has 0 bridgehead atoms. The fourth-order valence-corrected chi connectivity index (χ4v) is 3.31. The third kappa shape index (κ3) is 2.71. The van der Waals surface area contributed by atoms with Crippen molar-refractivity contribution in [3.05, 3.63) is 37.9 Å². The first-order valence-corrected chi connectivity index (χ1v) is 8.27. The largest absolute Gasteiger partial charge is 0.372 e. The van der Waals surface area contributed by atoms with Crippen LogP contribution >= 0.6 is 43.5 Å². The minimum atomic E-state index is 0.532. The highest BCUT2D eigenvalue weighted by atomic mass is 79.9. The van der Waals surface area contributed by atoms with Crippen LogP contribution in [0, 0.1) is 0 Å². The third-order valence-electron chi connectivity index (χ3n) is 3.25. The summed E-state index contributed by atoms with van der Waals surface area (Å²) in [6.07, 6.45) is 2.37. The minimum absolute atomic E-state index is 0.532. The first kappa shape index (κ1) is 14.3. The predicted octanol–water partition coefficient (Wildman–Crippen LogP) is 5.24. The molecule has 1 saturated carbocycles. The van der Waals surface area contributed by atoms with Crippen LogP contribution in [0.15, 0.2) is 27.1 Å². The molecule has 0 amide bonds. The number of rotatable bonds is 3. The maximum absolute atomic E-state index is 6.28. The SMILES string of the molecule is CNc1nc(-c2cc(Br)ccc2Cl)nc(C2CC2)c1Br. The van der Waals surface area contributed by atoms with E-state index < -0.39 is 0 Å². The fraction of sp³-hybridized carbons (Fsp3) is 0.286. The van der Waals surface area contributed by atoms with E-state index in [-0.39, 0.29) is 0 Å². The van der Waals surface area contributed by atoms with Gasteiger partial charge in [0.05, 0.1) is 15.2 Å². The van der Waals surface area contributed by atoms with Crippen LogP contribution < -0.4 is 5.32 Å². The van der Waals surface area contributed by atoms with E-state index in [0.29, 0.717) is 16.8 Å². The molecule has 0 spiro atoms. The number of nitrogens with zero attached hydrogens (tertiary/aromatic N) is 2. The molecule has 0 atom stereocenters. The van der Waals surface area contributed by atoms with Gasteiger partial charge in [-0.05, 0) is 47.0 Å². The molecule has 20 heavy (non-hydrogen) atoms. The first-order chi connectivity index (χ1) is 9.60. The average molecular weight is 418 g/mol. The van der Waals surface area contributed by atoms with Crippen molar-refractivity contribution in [1.29, 1.82) is 0 Å². The van der Waals surface area contributed by atoms with E-state index in [1.807, 2.05) is 25.2 Å². The van der Waals surface area contributed by atoms with Crippen molar-refractivity contribution in [1.82, 2.24) is 9.97 Å². The second-order valence-electron chi connectivity index (χ2n) is 4.74. The van der Waals surface area contributed by atoms with Gasteiger partial charge in [-0.3, -0.25) is 0 Å². The summed E-state index contributed by atoms with van der Waals surface area (Å²) in [5.74, 6) is 1.99. The Labute approximate surface area is 139 Å². The van der Waals surface area contributed by atoms with Crippen LogP contribution in [0.5, 0.6) is 0 Å². The highest BCUT2D eigenvalue weighted by Crippen LogP contribution is 2.44. The summed E-state index contributed by atoms with van der Waals surface area (Å²) in [4.78, 5) is 9.27. The Morgan fingerprint density at radius 1 is 1.25 bits per heavy atom. The van der Waals surface area contributed by atoms with Crippen molar-refractivity contribution < 1.29 is 0 Å². The Morgan fingerprint density at radius 2 is 2.00 bits per heavy atom. The van der Waals surface area contributed by atoms with Crippen LogP contribution in [0.2, 0.25) is 5.02 Å². The standard InChI is InChI=1S/C14H12Br2ClN3/c1-18-14-11(16)12(7-2-3-7)19-13(20-14)9-6-8(15)4-5-10(9)17/h4-7H,2-3H2,1H3,(H,18,19,20). The molecule has 3 rings (SSSR count). The van der Waals surface area contributed by atoms with Gasteiger partial charge in [0, 0.05) is 23.0 Å². The van der Waals surface area contributed by atoms with E-state index in [1.54, 1.807) is 0 Å². The average Bonchev–Trinajstić information content (AvgIpc) is 3.26. The summed E-state index contributed by atoms with van der Waals surface area (Å²) in [5.41, 5.74) is 1.90. The van der Waals surface area contributed by atoms with E-state index in [0.717, 1.165) is 26.0 Å².